The first-order valence-corrected chi connectivity index (χ1v) is 7.70. The number of rotatable bonds is 5. The van der Waals surface area contributed by atoms with Crippen molar-refractivity contribution in [2.45, 2.75) is 26.3 Å². The average Bonchev–Trinajstić information content (AvgIpc) is 2.45. The smallest absolute Gasteiger partial charge is 0.141 e. The van der Waals surface area contributed by atoms with E-state index < -0.39 is 0 Å². The Morgan fingerprint density at radius 3 is 2.57 bits per heavy atom. The molecular weight excluding hydrogens is 308 g/mol. The van der Waals surface area contributed by atoms with Crippen LogP contribution in [0.15, 0.2) is 36.4 Å². The van der Waals surface area contributed by atoms with Crippen LogP contribution in [0.1, 0.15) is 29.7 Å². The lowest BCUT2D eigenvalue weighted by Crippen LogP contribution is -2.23. The largest absolute Gasteiger partial charge is 0.310 e. The van der Waals surface area contributed by atoms with Crippen LogP contribution >= 0.6 is 23.2 Å². The van der Waals surface area contributed by atoms with Gasteiger partial charge in [0.1, 0.15) is 5.82 Å². The molecule has 2 rings (SSSR count). The summed E-state index contributed by atoms with van der Waals surface area (Å²) in [5.41, 5.74) is 3.22. The van der Waals surface area contributed by atoms with Gasteiger partial charge in [0.15, 0.2) is 0 Å². The van der Waals surface area contributed by atoms with E-state index in [9.17, 15) is 4.39 Å². The standard InChI is InChI=1S/C17H18Cl2FN/c1-3-21-17(13-5-4-6-14(18)11(13)2)10-12-7-8-16(20)15(19)9-12/h4-9,17,21H,3,10H2,1-2H3. The summed E-state index contributed by atoms with van der Waals surface area (Å²) in [5, 5.41) is 4.37. The number of halogens is 3. The SMILES string of the molecule is CCNC(Cc1ccc(F)c(Cl)c1)c1cccc(Cl)c1C. The molecule has 0 saturated carbocycles. The van der Waals surface area contributed by atoms with Gasteiger partial charge in [-0.25, -0.2) is 4.39 Å². The number of benzene rings is 2. The van der Waals surface area contributed by atoms with E-state index in [1.54, 1.807) is 12.1 Å². The van der Waals surface area contributed by atoms with E-state index in [0.717, 1.165) is 34.7 Å². The van der Waals surface area contributed by atoms with Crippen LogP contribution < -0.4 is 5.32 Å². The maximum absolute atomic E-state index is 13.3. The Hall–Kier alpha value is -1.09. The maximum atomic E-state index is 13.3. The fraction of sp³-hybridized carbons (Fsp3) is 0.294. The van der Waals surface area contributed by atoms with E-state index in [1.165, 1.54) is 6.07 Å². The summed E-state index contributed by atoms with van der Waals surface area (Å²) < 4.78 is 13.3. The second-order valence-corrected chi connectivity index (χ2v) is 5.83. The van der Waals surface area contributed by atoms with E-state index >= 15 is 0 Å². The van der Waals surface area contributed by atoms with E-state index in [2.05, 4.69) is 18.3 Å². The van der Waals surface area contributed by atoms with Gasteiger partial charge in [-0.2, -0.15) is 0 Å². The molecule has 4 heteroatoms. The molecule has 1 nitrogen and oxygen atoms in total. The molecule has 2 aromatic carbocycles. The van der Waals surface area contributed by atoms with Crippen LogP contribution in [0.3, 0.4) is 0 Å². The molecule has 0 aliphatic carbocycles. The van der Waals surface area contributed by atoms with Crippen LogP contribution in [0.5, 0.6) is 0 Å². The molecule has 1 atom stereocenters. The van der Waals surface area contributed by atoms with Gasteiger partial charge >= 0.3 is 0 Å². The number of nitrogens with one attached hydrogen (secondary N) is 1. The molecule has 112 valence electrons. The van der Waals surface area contributed by atoms with Gasteiger partial charge in [-0.05, 0) is 54.8 Å². The van der Waals surface area contributed by atoms with Crippen LogP contribution in [0.2, 0.25) is 10.0 Å². The monoisotopic (exact) mass is 325 g/mol. The molecule has 0 aliphatic rings. The zero-order valence-electron chi connectivity index (χ0n) is 12.1. The van der Waals surface area contributed by atoms with Gasteiger partial charge in [0, 0.05) is 11.1 Å². The zero-order valence-corrected chi connectivity index (χ0v) is 13.6. The minimum atomic E-state index is -0.389. The summed E-state index contributed by atoms with van der Waals surface area (Å²) >= 11 is 12.1. The third kappa shape index (κ3) is 3.97. The van der Waals surface area contributed by atoms with Crippen LogP contribution in [-0.4, -0.2) is 6.54 Å². The first kappa shape index (κ1) is 16.3. The first-order valence-electron chi connectivity index (χ1n) is 6.95. The Kier molecular flexibility index (Phi) is 5.63. The van der Waals surface area contributed by atoms with Crippen LogP contribution in [0.25, 0.3) is 0 Å². The average molecular weight is 326 g/mol. The van der Waals surface area contributed by atoms with Crippen molar-refractivity contribution in [2.24, 2.45) is 0 Å². The van der Waals surface area contributed by atoms with Crippen molar-refractivity contribution in [2.75, 3.05) is 6.54 Å². The number of likely N-dealkylation sites (N-methyl/N-ethyl adjacent to an activating group) is 1. The molecule has 2 aromatic rings. The van der Waals surface area contributed by atoms with Gasteiger partial charge in [0.2, 0.25) is 0 Å². The predicted octanol–water partition coefficient (Wildman–Crippen LogP) is 5.33. The molecule has 0 aromatic heterocycles. The minimum Gasteiger partial charge on any atom is -0.310 e. The van der Waals surface area contributed by atoms with Crippen LogP contribution in [0.4, 0.5) is 4.39 Å². The third-order valence-electron chi connectivity index (χ3n) is 3.56. The summed E-state index contributed by atoms with van der Waals surface area (Å²) in [4.78, 5) is 0. The van der Waals surface area contributed by atoms with E-state index in [1.807, 2.05) is 19.1 Å². The Bertz CT molecular complexity index is 628. The molecular formula is C17H18Cl2FN. The molecule has 0 aliphatic heterocycles. The van der Waals surface area contributed by atoms with Crippen molar-refractivity contribution in [3.05, 3.63) is 69.0 Å². The second kappa shape index (κ2) is 7.26. The molecule has 0 heterocycles. The molecule has 0 spiro atoms. The highest BCUT2D eigenvalue weighted by Gasteiger charge is 2.15. The molecule has 0 bridgehead atoms. The van der Waals surface area contributed by atoms with Crippen molar-refractivity contribution >= 4 is 23.2 Å². The quantitative estimate of drug-likeness (QED) is 0.782. The normalized spacial score (nSPS) is 12.4. The fourth-order valence-electron chi connectivity index (χ4n) is 2.44. The molecule has 1 N–H and O–H groups in total. The van der Waals surface area contributed by atoms with E-state index in [4.69, 9.17) is 23.2 Å². The van der Waals surface area contributed by atoms with Crippen molar-refractivity contribution in [3.8, 4) is 0 Å². The molecule has 0 fully saturated rings. The summed E-state index contributed by atoms with van der Waals surface area (Å²) in [6.07, 6.45) is 0.731. The van der Waals surface area contributed by atoms with Gasteiger partial charge in [0.25, 0.3) is 0 Å². The van der Waals surface area contributed by atoms with Crippen LogP contribution in [0, 0.1) is 12.7 Å². The maximum Gasteiger partial charge on any atom is 0.141 e. The Balaban J connectivity index is 2.30. The topological polar surface area (TPSA) is 12.0 Å². The summed E-state index contributed by atoms with van der Waals surface area (Å²) in [7, 11) is 0. The third-order valence-corrected chi connectivity index (χ3v) is 4.26. The Morgan fingerprint density at radius 2 is 1.90 bits per heavy atom. The Labute approximate surface area is 135 Å². The fourth-order valence-corrected chi connectivity index (χ4v) is 2.83. The van der Waals surface area contributed by atoms with E-state index in [0.29, 0.717) is 0 Å². The van der Waals surface area contributed by atoms with Crippen molar-refractivity contribution in [1.29, 1.82) is 0 Å². The first-order chi connectivity index (χ1) is 10.0. The summed E-state index contributed by atoms with van der Waals surface area (Å²) in [6, 6.07) is 10.9. The highest BCUT2D eigenvalue weighted by molar-refractivity contribution is 6.31. The lowest BCUT2D eigenvalue weighted by Gasteiger charge is -2.21. The predicted molar refractivity (Wildman–Crippen MR) is 87.7 cm³/mol. The van der Waals surface area contributed by atoms with Gasteiger partial charge in [-0.1, -0.05) is 48.3 Å². The zero-order chi connectivity index (χ0) is 15.4. The van der Waals surface area contributed by atoms with Crippen molar-refractivity contribution < 1.29 is 4.39 Å². The van der Waals surface area contributed by atoms with E-state index in [-0.39, 0.29) is 16.9 Å². The highest BCUT2D eigenvalue weighted by atomic mass is 35.5. The molecule has 1 unspecified atom stereocenters. The molecule has 21 heavy (non-hydrogen) atoms. The van der Waals surface area contributed by atoms with Gasteiger partial charge in [0.05, 0.1) is 5.02 Å². The van der Waals surface area contributed by atoms with Gasteiger partial charge < -0.3 is 5.32 Å². The lowest BCUT2D eigenvalue weighted by molar-refractivity contribution is 0.546. The Morgan fingerprint density at radius 1 is 1.14 bits per heavy atom. The van der Waals surface area contributed by atoms with Gasteiger partial charge in [-0.15, -0.1) is 0 Å². The summed E-state index contributed by atoms with van der Waals surface area (Å²) in [5.74, 6) is -0.389. The van der Waals surface area contributed by atoms with Crippen molar-refractivity contribution in [1.82, 2.24) is 5.32 Å². The number of hydrogen-bond acceptors (Lipinski definition) is 1. The molecule has 0 saturated heterocycles. The van der Waals surface area contributed by atoms with Crippen LogP contribution in [-0.2, 0) is 6.42 Å². The van der Waals surface area contributed by atoms with Gasteiger partial charge in [-0.3, -0.25) is 0 Å². The second-order valence-electron chi connectivity index (χ2n) is 5.02. The summed E-state index contributed by atoms with van der Waals surface area (Å²) in [6.45, 7) is 4.91. The minimum absolute atomic E-state index is 0.121. The molecule has 0 amide bonds. The van der Waals surface area contributed by atoms with Crippen molar-refractivity contribution in [3.63, 3.8) is 0 Å². The lowest BCUT2D eigenvalue weighted by atomic mass is 9.95. The molecule has 0 radical (unpaired) electrons. The highest BCUT2D eigenvalue weighted by Crippen LogP contribution is 2.27. The number of hydrogen-bond donors (Lipinski definition) is 1.